The second-order valence-corrected chi connectivity index (χ2v) is 9.05. The van der Waals surface area contributed by atoms with Crippen LogP contribution in [0.15, 0.2) is 69.9 Å². The third-order valence-electron chi connectivity index (χ3n) is 5.20. The van der Waals surface area contributed by atoms with Gasteiger partial charge in [0.15, 0.2) is 0 Å². The van der Waals surface area contributed by atoms with Crippen molar-refractivity contribution >= 4 is 0 Å². The van der Waals surface area contributed by atoms with E-state index in [-0.39, 0.29) is 0 Å². The van der Waals surface area contributed by atoms with E-state index in [1.54, 1.807) is 0 Å². The van der Waals surface area contributed by atoms with Crippen molar-refractivity contribution in [3.05, 3.63) is 69.9 Å². The topological polar surface area (TPSA) is 0 Å². The van der Waals surface area contributed by atoms with E-state index < -0.39 is 0 Å². The zero-order valence-electron chi connectivity index (χ0n) is 22.1. The van der Waals surface area contributed by atoms with Crippen LogP contribution < -0.4 is 0 Å². The second-order valence-electron chi connectivity index (χ2n) is 9.05. The molecule has 0 aromatic carbocycles. The van der Waals surface area contributed by atoms with Crippen LogP contribution in [0.2, 0.25) is 0 Å². The first-order chi connectivity index (χ1) is 14.1. The lowest BCUT2D eigenvalue weighted by molar-refractivity contribution is 0.917. The predicted molar refractivity (Wildman–Crippen MR) is 142 cm³/mol. The minimum absolute atomic E-state index is 1.10. The SMILES string of the molecule is CC=C(C)CC/C=C(\C)CCC=C(C)C.CCC(C)=CC/C=C(\C)CCC=C(C)C. The standard InChI is InChI=1S/2C15H26/c2*1-6-14(4)10-8-12-15(5)11-7-9-13(2)3/h9-10,12H,6-8,11H2,1-5H3;6,9,12H,7-8,10-11H2,1-5H3/b14-10?,15-12+;14-6?,15-12+. The Balaban J connectivity index is 0. The van der Waals surface area contributed by atoms with Crippen molar-refractivity contribution in [1.82, 2.24) is 0 Å². The lowest BCUT2D eigenvalue weighted by atomic mass is 10.1. The van der Waals surface area contributed by atoms with Crippen molar-refractivity contribution in [2.24, 2.45) is 0 Å². The highest BCUT2D eigenvalue weighted by Gasteiger charge is 1.91. The average Bonchev–Trinajstić information content (AvgIpc) is 2.67. The van der Waals surface area contributed by atoms with E-state index in [4.69, 9.17) is 0 Å². The monoisotopic (exact) mass is 412 g/mol. The second kappa shape index (κ2) is 20.7. The van der Waals surface area contributed by atoms with Gasteiger partial charge < -0.3 is 0 Å². The molecule has 0 aliphatic carbocycles. The van der Waals surface area contributed by atoms with E-state index in [0.717, 1.165) is 6.42 Å². The van der Waals surface area contributed by atoms with Gasteiger partial charge >= 0.3 is 0 Å². The minimum Gasteiger partial charge on any atom is -0.0887 e. The Hall–Kier alpha value is -1.56. The van der Waals surface area contributed by atoms with Gasteiger partial charge in [-0.2, -0.15) is 0 Å². The molecule has 0 aromatic rings. The molecule has 0 aliphatic rings. The van der Waals surface area contributed by atoms with Gasteiger partial charge in [-0.15, -0.1) is 0 Å². The summed E-state index contributed by atoms with van der Waals surface area (Å²) in [6.45, 7) is 21.8. The third-order valence-corrected chi connectivity index (χ3v) is 5.20. The van der Waals surface area contributed by atoms with E-state index in [0.29, 0.717) is 0 Å². The number of hydrogen-bond donors (Lipinski definition) is 0. The molecule has 0 spiro atoms. The van der Waals surface area contributed by atoms with Crippen LogP contribution >= 0.6 is 0 Å². The molecule has 0 heterocycles. The Morgan fingerprint density at radius 3 is 1.33 bits per heavy atom. The average molecular weight is 413 g/mol. The Labute approximate surface area is 190 Å². The molecule has 0 aromatic heterocycles. The summed E-state index contributed by atoms with van der Waals surface area (Å²) in [5.74, 6) is 0. The van der Waals surface area contributed by atoms with Gasteiger partial charge in [0.1, 0.15) is 0 Å². The van der Waals surface area contributed by atoms with Crippen LogP contribution in [0.5, 0.6) is 0 Å². The van der Waals surface area contributed by atoms with Gasteiger partial charge in [-0.1, -0.05) is 76.8 Å². The molecular weight excluding hydrogens is 360 g/mol. The zero-order valence-corrected chi connectivity index (χ0v) is 22.1. The van der Waals surface area contributed by atoms with Crippen molar-refractivity contribution in [3.63, 3.8) is 0 Å². The predicted octanol–water partition coefficient (Wildman–Crippen LogP) is 10.9. The fourth-order valence-corrected chi connectivity index (χ4v) is 2.68. The van der Waals surface area contributed by atoms with Crippen LogP contribution in [0.25, 0.3) is 0 Å². The summed E-state index contributed by atoms with van der Waals surface area (Å²) in [6.07, 6.45) is 23.3. The van der Waals surface area contributed by atoms with Crippen molar-refractivity contribution in [1.29, 1.82) is 0 Å². The summed E-state index contributed by atoms with van der Waals surface area (Å²) < 4.78 is 0. The third kappa shape index (κ3) is 24.5. The molecule has 30 heavy (non-hydrogen) atoms. The molecule has 0 heteroatoms. The van der Waals surface area contributed by atoms with Crippen molar-refractivity contribution in [3.8, 4) is 0 Å². The fraction of sp³-hybridized carbons (Fsp3) is 0.600. The number of hydrogen-bond acceptors (Lipinski definition) is 0. The molecule has 0 saturated heterocycles. The highest BCUT2D eigenvalue weighted by atomic mass is 14.0. The smallest absolute Gasteiger partial charge is 0.0164 e. The molecule has 0 N–H and O–H groups in total. The Bertz CT molecular complexity index is 606. The van der Waals surface area contributed by atoms with Crippen LogP contribution in [0, 0.1) is 0 Å². The van der Waals surface area contributed by atoms with Crippen molar-refractivity contribution < 1.29 is 0 Å². The van der Waals surface area contributed by atoms with E-state index in [1.807, 2.05) is 0 Å². The van der Waals surface area contributed by atoms with Crippen molar-refractivity contribution in [2.75, 3.05) is 0 Å². The summed E-state index contributed by atoms with van der Waals surface area (Å²) in [6, 6.07) is 0. The summed E-state index contributed by atoms with van der Waals surface area (Å²) in [7, 11) is 0. The maximum absolute atomic E-state index is 2.38. The molecule has 172 valence electrons. The Kier molecular flexibility index (Phi) is 21.1. The molecule has 0 rings (SSSR count). The zero-order chi connectivity index (χ0) is 23.4. The number of rotatable bonds is 12. The van der Waals surface area contributed by atoms with Gasteiger partial charge in [-0.05, 0) is 114 Å². The highest BCUT2D eigenvalue weighted by Crippen LogP contribution is 2.11. The molecule has 0 aliphatic heterocycles. The van der Waals surface area contributed by atoms with Crippen LogP contribution in [0.4, 0.5) is 0 Å². The molecule has 0 fully saturated rings. The lowest BCUT2D eigenvalue weighted by Gasteiger charge is -2.00. The summed E-state index contributed by atoms with van der Waals surface area (Å²) in [5.41, 5.74) is 8.85. The first-order valence-corrected chi connectivity index (χ1v) is 12.0. The summed E-state index contributed by atoms with van der Waals surface area (Å²) >= 11 is 0. The van der Waals surface area contributed by atoms with Crippen LogP contribution in [0.1, 0.15) is 121 Å². The molecule has 0 unspecified atom stereocenters. The van der Waals surface area contributed by atoms with Gasteiger partial charge in [-0.25, -0.2) is 0 Å². The molecule has 0 bridgehead atoms. The van der Waals surface area contributed by atoms with Gasteiger partial charge in [0, 0.05) is 0 Å². The normalized spacial score (nSPS) is 12.9. The maximum atomic E-state index is 2.38. The molecule has 0 saturated carbocycles. The van der Waals surface area contributed by atoms with Crippen LogP contribution in [0.3, 0.4) is 0 Å². The van der Waals surface area contributed by atoms with E-state index in [9.17, 15) is 0 Å². The van der Waals surface area contributed by atoms with E-state index >= 15 is 0 Å². The fourth-order valence-electron chi connectivity index (χ4n) is 2.68. The van der Waals surface area contributed by atoms with Crippen LogP contribution in [-0.4, -0.2) is 0 Å². The molecule has 0 atom stereocenters. The largest absolute Gasteiger partial charge is 0.0887 e. The first-order valence-electron chi connectivity index (χ1n) is 12.0. The minimum atomic E-state index is 1.10. The molecule has 0 nitrogen and oxygen atoms in total. The molecule has 0 radical (unpaired) electrons. The quantitative estimate of drug-likeness (QED) is 0.279. The first kappa shape index (κ1) is 30.6. The van der Waals surface area contributed by atoms with E-state index in [2.05, 4.69) is 106 Å². The number of allylic oxidation sites excluding steroid dienone is 12. The Morgan fingerprint density at radius 2 is 0.900 bits per heavy atom. The van der Waals surface area contributed by atoms with Crippen molar-refractivity contribution in [2.45, 2.75) is 121 Å². The lowest BCUT2D eigenvalue weighted by Crippen LogP contribution is -1.80. The van der Waals surface area contributed by atoms with E-state index in [1.165, 1.54) is 78.4 Å². The summed E-state index contributed by atoms with van der Waals surface area (Å²) in [5, 5.41) is 0. The van der Waals surface area contributed by atoms with Gasteiger partial charge in [0.2, 0.25) is 0 Å². The van der Waals surface area contributed by atoms with Gasteiger partial charge in [0.05, 0.1) is 0 Å². The van der Waals surface area contributed by atoms with Crippen LogP contribution in [-0.2, 0) is 0 Å². The molecule has 0 amide bonds. The Morgan fingerprint density at radius 1 is 0.500 bits per heavy atom. The maximum Gasteiger partial charge on any atom is -0.0164 e. The molecular formula is C30H52. The highest BCUT2D eigenvalue weighted by molar-refractivity contribution is 5.07. The summed E-state index contributed by atoms with van der Waals surface area (Å²) in [4.78, 5) is 0. The van der Waals surface area contributed by atoms with Gasteiger partial charge in [0.25, 0.3) is 0 Å². The van der Waals surface area contributed by atoms with Gasteiger partial charge in [-0.3, -0.25) is 0 Å².